The van der Waals surface area contributed by atoms with Gasteiger partial charge in [0.2, 0.25) is 0 Å². The molecule has 0 spiro atoms. The molecule has 0 bridgehead atoms. The number of nitrogens with two attached hydrogens (primary N) is 1. The van der Waals surface area contributed by atoms with Crippen LogP contribution in [0.4, 0.5) is 5.69 Å². The first kappa shape index (κ1) is 28.8. The summed E-state index contributed by atoms with van der Waals surface area (Å²) in [5.41, 5.74) is 16.1. The lowest BCUT2D eigenvalue weighted by molar-refractivity contribution is 1.28. The van der Waals surface area contributed by atoms with Crippen LogP contribution in [0.25, 0.3) is 44.5 Å². The second kappa shape index (κ2) is 13.3. The molecule has 0 amide bonds. The number of pyridine rings is 4. The fourth-order valence-electron chi connectivity index (χ4n) is 4.95. The van der Waals surface area contributed by atoms with Gasteiger partial charge >= 0.3 is 0 Å². The molecule has 7 heteroatoms. The fourth-order valence-corrected chi connectivity index (χ4v) is 4.95. The number of nitrogens with zero attached hydrogens (tertiary/aromatic N) is 4. The Bertz CT molecular complexity index is 2030. The van der Waals surface area contributed by atoms with Gasteiger partial charge in [-0.1, -0.05) is 54.6 Å². The van der Waals surface area contributed by atoms with Gasteiger partial charge in [-0.25, -0.2) is 0 Å². The molecule has 0 unspecified atom stereocenters. The predicted molar refractivity (Wildman–Crippen MR) is 183 cm³/mol. The van der Waals surface area contributed by atoms with Crippen LogP contribution in [0.2, 0.25) is 0 Å². The van der Waals surface area contributed by atoms with Crippen LogP contribution in [0.3, 0.4) is 0 Å². The van der Waals surface area contributed by atoms with E-state index in [1.54, 1.807) is 55.7 Å². The van der Waals surface area contributed by atoms with Crippen molar-refractivity contribution in [3.8, 4) is 33.4 Å². The van der Waals surface area contributed by atoms with Gasteiger partial charge in [0.1, 0.15) is 0 Å². The highest BCUT2D eigenvalue weighted by Gasteiger charge is 2.20. The summed E-state index contributed by atoms with van der Waals surface area (Å²) in [7, 11) is 0. The lowest BCUT2D eigenvalue weighted by Crippen LogP contribution is -2.16. The number of allylic oxidation sites excluding steroid dienone is 4. The van der Waals surface area contributed by atoms with E-state index in [0.717, 1.165) is 44.6 Å². The topological polar surface area (TPSA) is 125 Å². The van der Waals surface area contributed by atoms with Gasteiger partial charge in [0.25, 0.3) is 0 Å². The highest BCUT2D eigenvalue weighted by atomic mass is 14.7. The maximum Gasteiger partial charge on any atom is 0.0868 e. The van der Waals surface area contributed by atoms with Crippen molar-refractivity contribution >= 4 is 28.3 Å². The monoisotopic (exact) mass is 583 g/mol. The summed E-state index contributed by atoms with van der Waals surface area (Å²) in [6.45, 7) is 0. The van der Waals surface area contributed by atoms with Crippen molar-refractivity contribution in [2.45, 2.75) is 0 Å². The Morgan fingerprint density at radius 1 is 0.444 bits per heavy atom. The largest absolute Gasteiger partial charge is 0.399 e. The zero-order valence-electron chi connectivity index (χ0n) is 24.3. The van der Waals surface area contributed by atoms with Crippen LogP contribution in [-0.4, -0.2) is 31.4 Å². The van der Waals surface area contributed by atoms with Gasteiger partial charge in [-0.2, -0.15) is 0 Å². The quantitative estimate of drug-likeness (QED) is 0.140. The van der Waals surface area contributed by atoms with E-state index in [1.807, 2.05) is 78.9 Å². The average molecular weight is 584 g/mol. The summed E-state index contributed by atoms with van der Waals surface area (Å²) < 4.78 is 0. The third kappa shape index (κ3) is 6.84. The summed E-state index contributed by atoms with van der Waals surface area (Å²) >= 11 is 0. The lowest BCUT2D eigenvalue weighted by atomic mass is 9.88. The van der Waals surface area contributed by atoms with Crippen LogP contribution in [0.15, 0.2) is 153 Å². The third-order valence-electron chi connectivity index (χ3n) is 7.24. The second-order valence-electron chi connectivity index (χ2n) is 10.3. The zero-order valence-corrected chi connectivity index (χ0v) is 24.3. The number of benzene rings is 2. The molecule has 0 fully saturated rings. The lowest BCUT2D eigenvalue weighted by Gasteiger charge is -2.17. The SMILES string of the molecule is N=C1C=C(c2cncc(-c3cccnc3)c2)C=C(c2cncc(-c3cccnc3)c2)C1=N.Nc1cccc(-c2ccccc2)c1. The molecule has 1 aliphatic rings. The van der Waals surface area contributed by atoms with Gasteiger partial charge in [0.15, 0.2) is 0 Å². The average Bonchev–Trinajstić information content (AvgIpc) is 3.11. The molecule has 6 aromatic rings. The number of nitrogen functional groups attached to an aromatic ring is 1. The number of rotatable bonds is 5. The number of nitrogens with one attached hydrogen (secondary N) is 2. The van der Waals surface area contributed by atoms with Crippen LogP contribution < -0.4 is 5.73 Å². The van der Waals surface area contributed by atoms with E-state index >= 15 is 0 Å². The summed E-state index contributed by atoms with van der Waals surface area (Å²) in [6.07, 6.45) is 17.7. The molecule has 7 nitrogen and oxygen atoms in total. The van der Waals surface area contributed by atoms with E-state index in [9.17, 15) is 0 Å². The van der Waals surface area contributed by atoms with Crippen molar-refractivity contribution in [3.63, 3.8) is 0 Å². The van der Waals surface area contributed by atoms with E-state index in [4.69, 9.17) is 16.6 Å². The van der Waals surface area contributed by atoms with Gasteiger partial charge in [-0.15, -0.1) is 0 Å². The van der Waals surface area contributed by atoms with Crippen molar-refractivity contribution < 1.29 is 0 Å². The number of anilines is 1. The Labute approximate surface area is 261 Å². The number of hydrogen-bond acceptors (Lipinski definition) is 7. The smallest absolute Gasteiger partial charge is 0.0868 e. The summed E-state index contributed by atoms with van der Waals surface area (Å²) in [4.78, 5) is 17.1. The summed E-state index contributed by atoms with van der Waals surface area (Å²) in [5, 5.41) is 16.9. The fraction of sp³-hybridized carbons (Fsp3) is 0. The molecule has 4 heterocycles. The Balaban J connectivity index is 0.000000229. The van der Waals surface area contributed by atoms with Crippen LogP contribution in [0.1, 0.15) is 11.1 Å². The molecule has 0 saturated carbocycles. The Morgan fingerprint density at radius 2 is 1.00 bits per heavy atom. The maximum atomic E-state index is 8.49. The third-order valence-corrected chi connectivity index (χ3v) is 7.24. The Kier molecular flexibility index (Phi) is 8.51. The first-order chi connectivity index (χ1) is 22.0. The molecule has 0 atom stereocenters. The first-order valence-corrected chi connectivity index (χ1v) is 14.3. The molecule has 0 radical (unpaired) electrons. The summed E-state index contributed by atoms with van der Waals surface area (Å²) in [5.74, 6) is 0. The van der Waals surface area contributed by atoms with Crippen molar-refractivity contribution in [2.24, 2.45) is 0 Å². The molecule has 4 N–H and O–H groups in total. The Morgan fingerprint density at radius 3 is 1.62 bits per heavy atom. The van der Waals surface area contributed by atoms with Crippen molar-refractivity contribution in [1.82, 2.24) is 19.9 Å². The molecule has 216 valence electrons. The zero-order chi connectivity index (χ0) is 31.0. The van der Waals surface area contributed by atoms with Crippen molar-refractivity contribution in [3.05, 3.63) is 164 Å². The minimum Gasteiger partial charge on any atom is -0.399 e. The second-order valence-corrected chi connectivity index (χ2v) is 10.3. The first-order valence-electron chi connectivity index (χ1n) is 14.3. The van der Waals surface area contributed by atoms with E-state index in [2.05, 4.69) is 38.1 Å². The molecule has 1 aliphatic carbocycles. The van der Waals surface area contributed by atoms with Gasteiger partial charge in [0.05, 0.1) is 11.4 Å². The molecule has 0 saturated heterocycles. The van der Waals surface area contributed by atoms with Gasteiger partial charge in [-0.05, 0) is 65.3 Å². The Hall–Kier alpha value is -6.34. The minimum atomic E-state index is 0.149. The molecule has 0 aliphatic heterocycles. The molecule has 2 aromatic carbocycles. The van der Waals surface area contributed by atoms with E-state index in [-0.39, 0.29) is 11.4 Å². The highest BCUT2D eigenvalue weighted by Crippen LogP contribution is 2.31. The van der Waals surface area contributed by atoms with Crippen molar-refractivity contribution in [1.29, 1.82) is 10.8 Å². The van der Waals surface area contributed by atoms with Crippen molar-refractivity contribution in [2.75, 3.05) is 5.73 Å². The van der Waals surface area contributed by atoms with Crippen LogP contribution >= 0.6 is 0 Å². The molecule has 4 aromatic heterocycles. The normalized spacial score (nSPS) is 12.4. The summed E-state index contributed by atoms with van der Waals surface area (Å²) in [6, 6.07) is 29.8. The number of aromatic nitrogens is 4. The van der Waals surface area contributed by atoms with E-state index in [1.165, 1.54) is 11.1 Å². The van der Waals surface area contributed by atoms with E-state index in [0.29, 0.717) is 5.57 Å². The maximum absolute atomic E-state index is 8.49. The molecular formula is C38H29N7. The number of hydrogen-bond donors (Lipinski definition) is 3. The van der Waals surface area contributed by atoms with Crippen LogP contribution in [0, 0.1) is 10.8 Å². The molecular weight excluding hydrogens is 554 g/mol. The molecule has 7 rings (SSSR count). The van der Waals surface area contributed by atoms with Gasteiger partial charge in [0, 0.05) is 94.2 Å². The molecule has 45 heavy (non-hydrogen) atoms. The highest BCUT2D eigenvalue weighted by molar-refractivity contribution is 6.61. The van der Waals surface area contributed by atoms with E-state index < -0.39 is 0 Å². The van der Waals surface area contributed by atoms with Gasteiger partial charge < -0.3 is 5.73 Å². The standard InChI is InChI=1S/C26H18N6.C12H11N/c27-25-10-19(22-7-20(13-31-15-22)17-3-1-5-29-11-17)9-24(26(25)28)23-8-21(14-32-16-23)18-4-2-6-30-12-18;13-12-8-4-7-11(9-12)10-5-2-1-3-6-10/h1-16,27-28H;1-9H,13H2. The predicted octanol–water partition coefficient (Wildman–Crippen LogP) is 8.06. The minimum absolute atomic E-state index is 0.149. The van der Waals surface area contributed by atoms with Gasteiger partial charge in [-0.3, -0.25) is 30.8 Å². The van der Waals surface area contributed by atoms with Crippen LogP contribution in [-0.2, 0) is 0 Å². The van der Waals surface area contributed by atoms with Crippen LogP contribution in [0.5, 0.6) is 0 Å².